The normalized spacial score (nSPS) is 11.0. The van der Waals surface area contributed by atoms with Gasteiger partial charge in [0, 0.05) is 17.8 Å². The van der Waals surface area contributed by atoms with Gasteiger partial charge in [0.05, 0.1) is 0 Å². The summed E-state index contributed by atoms with van der Waals surface area (Å²) in [6, 6.07) is 16.2. The van der Waals surface area contributed by atoms with Crippen LogP contribution in [0.4, 0.5) is 5.69 Å². The molecule has 0 atom stereocenters. The minimum absolute atomic E-state index is 0.678. The predicted molar refractivity (Wildman–Crippen MR) is 96.7 cm³/mol. The van der Waals surface area contributed by atoms with Crippen molar-refractivity contribution >= 4 is 16.8 Å². The molecule has 0 bridgehead atoms. The lowest BCUT2D eigenvalue weighted by Crippen LogP contribution is -2.01. The van der Waals surface area contributed by atoms with Gasteiger partial charge in [-0.25, -0.2) is 4.98 Å². The molecular weight excluding hydrogens is 284 g/mol. The highest BCUT2D eigenvalue weighted by Crippen LogP contribution is 2.25. The fourth-order valence-corrected chi connectivity index (χ4v) is 2.69. The van der Waals surface area contributed by atoms with Gasteiger partial charge < -0.3 is 9.73 Å². The summed E-state index contributed by atoms with van der Waals surface area (Å²) >= 11 is 0. The summed E-state index contributed by atoms with van der Waals surface area (Å²) in [5, 5.41) is 3.48. The van der Waals surface area contributed by atoms with Crippen LogP contribution in [0.3, 0.4) is 0 Å². The summed E-state index contributed by atoms with van der Waals surface area (Å²) in [5.41, 5.74) is 3.89. The number of rotatable bonds is 8. The van der Waals surface area contributed by atoms with Crippen LogP contribution in [0.15, 0.2) is 52.9 Å². The van der Waals surface area contributed by atoms with Crippen molar-refractivity contribution in [1.82, 2.24) is 4.98 Å². The number of nitrogens with one attached hydrogen (secondary N) is 1. The summed E-state index contributed by atoms with van der Waals surface area (Å²) in [6.45, 7) is 3.28. The number of para-hydroxylation sites is 2. The van der Waals surface area contributed by atoms with Gasteiger partial charge in [0.2, 0.25) is 5.89 Å². The molecule has 0 unspecified atom stereocenters. The second kappa shape index (κ2) is 7.82. The monoisotopic (exact) mass is 308 g/mol. The van der Waals surface area contributed by atoms with E-state index in [2.05, 4.69) is 41.5 Å². The Bertz CT molecular complexity index is 698. The lowest BCUT2D eigenvalue weighted by molar-refractivity contribution is 0.620. The summed E-state index contributed by atoms with van der Waals surface area (Å²) in [5.74, 6) is 0.678. The van der Waals surface area contributed by atoms with Crippen LogP contribution in [0.2, 0.25) is 0 Å². The smallest absolute Gasteiger partial charge is 0.227 e. The highest BCUT2D eigenvalue weighted by Gasteiger charge is 2.07. The summed E-state index contributed by atoms with van der Waals surface area (Å²) in [6.07, 6.45) is 6.52. The number of unbranched alkanes of at least 4 members (excludes halogenated alkanes) is 4. The van der Waals surface area contributed by atoms with Gasteiger partial charge in [-0.3, -0.25) is 0 Å². The maximum Gasteiger partial charge on any atom is 0.227 e. The molecule has 0 saturated carbocycles. The van der Waals surface area contributed by atoms with Gasteiger partial charge in [-0.1, -0.05) is 44.7 Å². The molecule has 1 N–H and O–H groups in total. The number of hydrogen-bond acceptors (Lipinski definition) is 3. The van der Waals surface area contributed by atoms with E-state index in [1.54, 1.807) is 0 Å². The molecular formula is C20H24N2O. The van der Waals surface area contributed by atoms with Crippen molar-refractivity contribution in [3.8, 4) is 11.5 Å². The highest BCUT2D eigenvalue weighted by molar-refractivity contribution is 5.76. The Labute approximate surface area is 137 Å². The van der Waals surface area contributed by atoms with E-state index in [1.807, 2.05) is 24.3 Å². The Balaban J connectivity index is 1.56. The van der Waals surface area contributed by atoms with Crippen molar-refractivity contribution in [3.63, 3.8) is 0 Å². The van der Waals surface area contributed by atoms with Gasteiger partial charge in [-0.05, 0) is 42.8 Å². The molecule has 120 valence electrons. The highest BCUT2D eigenvalue weighted by atomic mass is 16.3. The van der Waals surface area contributed by atoms with Crippen LogP contribution in [-0.2, 0) is 0 Å². The lowest BCUT2D eigenvalue weighted by atomic mass is 10.1. The summed E-state index contributed by atoms with van der Waals surface area (Å²) in [7, 11) is 0. The Morgan fingerprint density at radius 3 is 2.48 bits per heavy atom. The molecule has 1 aromatic heterocycles. The molecule has 0 spiro atoms. The van der Waals surface area contributed by atoms with E-state index in [4.69, 9.17) is 4.42 Å². The number of benzene rings is 2. The van der Waals surface area contributed by atoms with E-state index in [0.29, 0.717) is 5.89 Å². The summed E-state index contributed by atoms with van der Waals surface area (Å²) < 4.78 is 5.80. The molecule has 3 heteroatoms. The van der Waals surface area contributed by atoms with Crippen LogP contribution >= 0.6 is 0 Å². The van der Waals surface area contributed by atoms with Crippen molar-refractivity contribution in [2.45, 2.75) is 39.0 Å². The molecule has 0 aliphatic heterocycles. The Morgan fingerprint density at radius 1 is 0.913 bits per heavy atom. The third-order valence-electron chi connectivity index (χ3n) is 4.04. The van der Waals surface area contributed by atoms with E-state index in [0.717, 1.165) is 28.9 Å². The number of nitrogens with zero attached hydrogens (tertiary/aromatic N) is 1. The first-order chi connectivity index (χ1) is 11.4. The van der Waals surface area contributed by atoms with Gasteiger partial charge in [-0.15, -0.1) is 0 Å². The first-order valence-electron chi connectivity index (χ1n) is 8.56. The van der Waals surface area contributed by atoms with Crippen LogP contribution in [0.25, 0.3) is 22.6 Å². The Hall–Kier alpha value is -2.29. The predicted octanol–water partition coefficient (Wildman–Crippen LogP) is 5.88. The standard InChI is InChI=1S/C20H24N2O/c1-2-3-4-5-8-15-21-17-13-11-16(12-14-17)20-22-18-9-6-7-10-19(18)23-20/h6-7,9-14,21H,2-5,8,15H2,1H3. The second-order valence-corrected chi connectivity index (χ2v) is 5.91. The zero-order valence-corrected chi connectivity index (χ0v) is 13.7. The molecule has 1 heterocycles. The number of oxazole rings is 1. The van der Waals surface area contributed by atoms with Crippen molar-refractivity contribution in [3.05, 3.63) is 48.5 Å². The fraction of sp³-hybridized carbons (Fsp3) is 0.350. The first-order valence-corrected chi connectivity index (χ1v) is 8.56. The number of anilines is 1. The third-order valence-corrected chi connectivity index (χ3v) is 4.04. The minimum Gasteiger partial charge on any atom is -0.436 e. The fourth-order valence-electron chi connectivity index (χ4n) is 2.69. The molecule has 0 aliphatic carbocycles. The largest absolute Gasteiger partial charge is 0.436 e. The van der Waals surface area contributed by atoms with Crippen LogP contribution in [0, 0.1) is 0 Å². The molecule has 0 saturated heterocycles. The minimum atomic E-state index is 0.678. The number of aromatic nitrogens is 1. The van der Waals surface area contributed by atoms with E-state index in [-0.39, 0.29) is 0 Å². The van der Waals surface area contributed by atoms with Crippen molar-refractivity contribution in [2.24, 2.45) is 0 Å². The first kappa shape index (κ1) is 15.6. The van der Waals surface area contributed by atoms with E-state index < -0.39 is 0 Å². The molecule has 3 aromatic rings. The van der Waals surface area contributed by atoms with E-state index in [1.165, 1.54) is 32.1 Å². The molecule has 0 amide bonds. The van der Waals surface area contributed by atoms with E-state index in [9.17, 15) is 0 Å². The third kappa shape index (κ3) is 4.13. The zero-order chi connectivity index (χ0) is 15.9. The molecule has 2 aromatic carbocycles. The van der Waals surface area contributed by atoms with Crippen molar-refractivity contribution in [2.75, 3.05) is 11.9 Å². The number of fused-ring (bicyclic) bond motifs is 1. The Kier molecular flexibility index (Phi) is 5.30. The lowest BCUT2D eigenvalue weighted by Gasteiger charge is -2.06. The van der Waals surface area contributed by atoms with Crippen LogP contribution in [0.1, 0.15) is 39.0 Å². The maximum atomic E-state index is 5.80. The zero-order valence-electron chi connectivity index (χ0n) is 13.7. The van der Waals surface area contributed by atoms with Crippen molar-refractivity contribution < 1.29 is 4.42 Å². The second-order valence-electron chi connectivity index (χ2n) is 5.91. The van der Waals surface area contributed by atoms with E-state index >= 15 is 0 Å². The number of hydrogen-bond donors (Lipinski definition) is 1. The quantitative estimate of drug-likeness (QED) is 0.528. The van der Waals surface area contributed by atoms with Crippen molar-refractivity contribution in [1.29, 1.82) is 0 Å². The summed E-state index contributed by atoms with van der Waals surface area (Å²) in [4.78, 5) is 4.53. The maximum absolute atomic E-state index is 5.80. The van der Waals surface area contributed by atoms with Crippen LogP contribution in [0.5, 0.6) is 0 Å². The Morgan fingerprint density at radius 2 is 1.70 bits per heavy atom. The van der Waals surface area contributed by atoms with Gasteiger partial charge in [0.1, 0.15) is 5.52 Å². The van der Waals surface area contributed by atoms with Crippen LogP contribution in [-0.4, -0.2) is 11.5 Å². The average molecular weight is 308 g/mol. The van der Waals surface area contributed by atoms with Gasteiger partial charge >= 0.3 is 0 Å². The molecule has 0 aliphatic rings. The topological polar surface area (TPSA) is 38.1 Å². The van der Waals surface area contributed by atoms with Gasteiger partial charge in [0.15, 0.2) is 5.58 Å². The molecule has 0 radical (unpaired) electrons. The van der Waals surface area contributed by atoms with Crippen LogP contribution < -0.4 is 5.32 Å². The van der Waals surface area contributed by atoms with Gasteiger partial charge in [0.25, 0.3) is 0 Å². The van der Waals surface area contributed by atoms with Gasteiger partial charge in [-0.2, -0.15) is 0 Å². The SMILES string of the molecule is CCCCCCCNc1ccc(-c2nc3ccccc3o2)cc1. The molecule has 3 nitrogen and oxygen atoms in total. The average Bonchev–Trinajstić information content (AvgIpc) is 3.02. The molecule has 3 rings (SSSR count). The molecule has 23 heavy (non-hydrogen) atoms. The molecule has 0 fully saturated rings.